The molecule has 0 unspecified atom stereocenters. The molecule has 0 atom stereocenters. The molecule has 8 nitrogen and oxygen atoms in total. The fourth-order valence-electron chi connectivity index (χ4n) is 3.83. The second-order valence-corrected chi connectivity index (χ2v) is 8.91. The molecule has 0 bridgehead atoms. The molecule has 0 aliphatic rings. The number of methoxy groups -OCH3 is 1. The number of nitrogens with zero attached hydrogens (tertiary/aromatic N) is 1. The topological polar surface area (TPSA) is 101 Å². The van der Waals surface area contributed by atoms with Crippen molar-refractivity contribution in [3.8, 4) is 5.75 Å². The number of carbonyl (C=O) groups excluding carboxylic acids is 3. The van der Waals surface area contributed by atoms with Crippen LogP contribution in [0.4, 0.5) is 11.4 Å². The monoisotopic (exact) mass is 524 g/mol. The van der Waals surface area contributed by atoms with Crippen molar-refractivity contribution in [2.24, 2.45) is 0 Å². The Hall–Kier alpha value is -4.01. The molecule has 0 saturated heterocycles. The SMILES string of the molecule is COc1cccc2cc(C(=O)Nc3cc(Cl)cc(Cl)c3)n(NC(=O)C(=O)Nc3c(C)cccc3C)c12. The molecule has 4 rings (SSSR count). The van der Waals surface area contributed by atoms with Crippen LogP contribution in [-0.2, 0) is 9.59 Å². The lowest BCUT2D eigenvalue weighted by molar-refractivity contribution is -0.133. The first-order valence-electron chi connectivity index (χ1n) is 10.8. The van der Waals surface area contributed by atoms with Gasteiger partial charge in [-0.25, -0.2) is 4.68 Å². The minimum atomic E-state index is -0.971. The maximum atomic E-state index is 13.2. The van der Waals surface area contributed by atoms with Gasteiger partial charge in [0.05, 0.1) is 7.11 Å². The first kappa shape index (κ1) is 25.1. The van der Waals surface area contributed by atoms with Gasteiger partial charge < -0.3 is 15.4 Å². The van der Waals surface area contributed by atoms with E-state index in [1.807, 2.05) is 32.0 Å². The van der Waals surface area contributed by atoms with E-state index in [2.05, 4.69) is 16.1 Å². The average Bonchev–Trinajstić information content (AvgIpc) is 3.19. The molecule has 0 aliphatic carbocycles. The zero-order valence-electron chi connectivity index (χ0n) is 19.6. The Balaban J connectivity index is 1.69. The molecule has 3 aromatic carbocycles. The van der Waals surface area contributed by atoms with E-state index in [9.17, 15) is 14.4 Å². The smallest absolute Gasteiger partial charge is 0.328 e. The van der Waals surface area contributed by atoms with Crippen molar-refractivity contribution >= 4 is 63.2 Å². The third-order valence-electron chi connectivity index (χ3n) is 5.50. The van der Waals surface area contributed by atoms with Gasteiger partial charge in [0.25, 0.3) is 5.91 Å². The lowest BCUT2D eigenvalue weighted by Gasteiger charge is -2.15. The number of hydrogen-bond acceptors (Lipinski definition) is 4. The minimum Gasteiger partial charge on any atom is -0.494 e. The molecule has 0 aliphatic heterocycles. The van der Waals surface area contributed by atoms with E-state index >= 15 is 0 Å². The second kappa shape index (κ2) is 10.3. The molecule has 1 heterocycles. The average molecular weight is 525 g/mol. The molecule has 3 N–H and O–H groups in total. The van der Waals surface area contributed by atoms with Gasteiger partial charge in [-0.15, -0.1) is 0 Å². The van der Waals surface area contributed by atoms with Crippen LogP contribution in [0.3, 0.4) is 0 Å². The normalized spacial score (nSPS) is 10.7. The lowest BCUT2D eigenvalue weighted by Crippen LogP contribution is -2.36. The minimum absolute atomic E-state index is 0.0545. The third kappa shape index (κ3) is 5.15. The van der Waals surface area contributed by atoms with Gasteiger partial charge in [0.2, 0.25) is 0 Å². The standard InChI is InChI=1S/C26H22Cl2N4O4/c1-14-6-4-7-15(2)22(14)30-25(34)26(35)31-32-20(10-16-8-5-9-21(36-3)23(16)32)24(33)29-19-12-17(27)11-18(28)13-19/h4-13H,1-3H3,(H,29,33)(H,30,34)(H,31,35). The van der Waals surface area contributed by atoms with Gasteiger partial charge in [0.1, 0.15) is 17.0 Å². The molecule has 0 radical (unpaired) electrons. The summed E-state index contributed by atoms with van der Waals surface area (Å²) in [5, 5.41) is 6.66. The van der Waals surface area contributed by atoms with Crippen LogP contribution in [0.25, 0.3) is 10.9 Å². The molecular weight excluding hydrogens is 503 g/mol. The Labute approximate surface area is 217 Å². The van der Waals surface area contributed by atoms with Gasteiger partial charge in [-0.1, -0.05) is 53.5 Å². The number of para-hydroxylation sites is 2. The highest BCUT2D eigenvalue weighted by Crippen LogP contribution is 2.29. The van der Waals surface area contributed by atoms with Crippen molar-refractivity contribution in [2.45, 2.75) is 13.8 Å². The number of amides is 3. The number of nitrogens with one attached hydrogen (secondary N) is 3. The molecule has 3 amide bonds. The number of carbonyl (C=O) groups is 3. The molecule has 0 fully saturated rings. The summed E-state index contributed by atoms with van der Waals surface area (Å²) in [6.45, 7) is 3.66. The van der Waals surface area contributed by atoms with E-state index in [0.29, 0.717) is 38.1 Å². The van der Waals surface area contributed by atoms with Gasteiger partial charge in [0, 0.05) is 26.8 Å². The fraction of sp³-hybridized carbons (Fsp3) is 0.115. The quantitative estimate of drug-likeness (QED) is 0.298. The largest absolute Gasteiger partial charge is 0.494 e. The van der Waals surface area contributed by atoms with Crippen LogP contribution >= 0.6 is 23.2 Å². The second-order valence-electron chi connectivity index (χ2n) is 8.04. The maximum absolute atomic E-state index is 13.2. The highest BCUT2D eigenvalue weighted by molar-refractivity contribution is 6.42. The van der Waals surface area contributed by atoms with E-state index in [-0.39, 0.29) is 5.69 Å². The number of ether oxygens (including phenoxy) is 1. The van der Waals surface area contributed by atoms with Crippen molar-refractivity contribution in [2.75, 3.05) is 23.2 Å². The van der Waals surface area contributed by atoms with E-state index in [1.165, 1.54) is 30.0 Å². The zero-order valence-corrected chi connectivity index (χ0v) is 21.1. The van der Waals surface area contributed by atoms with E-state index in [0.717, 1.165) is 11.1 Å². The van der Waals surface area contributed by atoms with Crippen LogP contribution in [0.15, 0.2) is 60.7 Å². The summed E-state index contributed by atoms with van der Waals surface area (Å²) in [6, 6.07) is 16.9. The third-order valence-corrected chi connectivity index (χ3v) is 5.94. The highest BCUT2D eigenvalue weighted by atomic mass is 35.5. The fourth-order valence-corrected chi connectivity index (χ4v) is 4.36. The number of aryl methyl sites for hydroxylation is 2. The van der Waals surface area contributed by atoms with Crippen LogP contribution in [0.2, 0.25) is 10.0 Å². The summed E-state index contributed by atoms with van der Waals surface area (Å²) in [5.41, 5.74) is 5.51. The molecular formula is C26H22Cl2N4O4. The van der Waals surface area contributed by atoms with Crippen LogP contribution < -0.4 is 20.8 Å². The molecule has 10 heteroatoms. The van der Waals surface area contributed by atoms with Crippen molar-refractivity contribution in [1.82, 2.24) is 4.68 Å². The zero-order chi connectivity index (χ0) is 26.0. The van der Waals surface area contributed by atoms with Gasteiger partial charge in [-0.3, -0.25) is 19.8 Å². The number of halogens is 2. The Morgan fingerprint density at radius 1 is 0.833 bits per heavy atom. The van der Waals surface area contributed by atoms with Gasteiger partial charge in [-0.2, -0.15) is 0 Å². The van der Waals surface area contributed by atoms with Crippen molar-refractivity contribution < 1.29 is 19.1 Å². The van der Waals surface area contributed by atoms with Gasteiger partial charge in [0.15, 0.2) is 0 Å². The predicted molar refractivity (Wildman–Crippen MR) is 142 cm³/mol. The number of anilines is 2. The molecule has 0 saturated carbocycles. The van der Waals surface area contributed by atoms with Crippen molar-refractivity contribution in [3.05, 3.63) is 87.5 Å². The van der Waals surface area contributed by atoms with Gasteiger partial charge >= 0.3 is 11.8 Å². The highest BCUT2D eigenvalue weighted by Gasteiger charge is 2.23. The molecule has 184 valence electrons. The Morgan fingerprint density at radius 2 is 1.47 bits per heavy atom. The number of hydrogen-bond donors (Lipinski definition) is 3. The van der Waals surface area contributed by atoms with Gasteiger partial charge in [-0.05, 0) is 55.3 Å². The Morgan fingerprint density at radius 3 is 2.11 bits per heavy atom. The summed E-state index contributed by atoms with van der Waals surface area (Å²) in [4.78, 5) is 39.0. The Kier molecular flexibility index (Phi) is 7.19. The number of rotatable bonds is 5. The van der Waals surface area contributed by atoms with E-state index in [1.54, 1.807) is 24.3 Å². The predicted octanol–water partition coefficient (Wildman–Crippen LogP) is 5.53. The Bertz CT molecular complexity index is 1470. The molecule has 1 aromatic heterocycles. The van der Waals surface area contributed by atoms with Crippen LogP contribution in [0.1, 0.15) is 21.6 Å². The van der Waals surface area contributed by atoms with Crippen LogP contribution in [0.5, 0.6) is 5.75 Å². The molecule has 36 heavy (non-hydrogen) atoms. The molecule has 4 aromatic rings. The number of aromatic nitrogens is 1. The van der Waals surface area contributed by atoms with Crippen LogP contribution in [0, 0.1) is 13.8 Å². The first-order valence-corrected chi connectivity index (χ1v) is 11.6. The van der Waals surface area contributed by atoms with Crippen molar-refractivity contribution in [3.63, 3.8) is 0 Å². The summed E-state index contributed by atoms with van der Waals surface area (Å²) < 4.78 is 6.67. The number of benzene rings is 3. The van der Waals surface area contributed by atoms with E-state index < -0.39 is 17.7 Å². The number of fused-ring (bicyclic) bond motifs is 1. The first-order chi connectivity index (χ1) is 17.2. The van der Waals surface area contributed by atoms with Crippen molar-refractivity contribution in [1.29, 1.82) is 0 Å². The van der Waals surface area contributed by atoms with Crippen LogP contribution in [-0.4, -0.2) is 29.5 Å². The summed E-state index contributed by atoms with van der Waals surface area (Å²) in [6.07, 6.45) is 0. The lowest BCUT2D eigenvalue weighted by atomic mass is 10.1. The van der Waals surface area contributed by atoms with E-state index in [4.69, 9.17) is 27.9 Å². The summed E-state index contributed by atoms with van der Waals surface area (Å²) >= 11 is 12.1. The molecule has 0 spiro atoms. The summed E-state index contributed by atoms with van der Waals surface area (Å²) in [7, 11) is 1.47. The maximum Gasteiger partial charge on any atom is 0.328 e. The summed E-state index contributed by atoms with van der Waals surface area (Å²) in [5.74, 6) is -2.03.